The second-order valence-electron chi connectivity index (χ2n) is 3.81. The number of aliphatic hydroxyl groups is 1. The van der Waals surface area contributed by atoms with Gasteiger partial charge in [0.05, 0.1) is 12.1 Å². The third kappa shape index (κ3) is 2.14. The molecule has 1 aliphatic rings. The lowest BCUT2D eigenvalue weighted by Crippen LogP contribution is -2.44. The molecule has 0 unspecified atom stereocenters. The van der Waals surface area contributed by atoms with Crippen LogP contribution in [-0.4, -0.2) is 48.2 Å². The maximum Gasteiger partial charge on any atom is 0.289 e. The standard InChI is InChI=1S/C10H13BrN2O3/c1-13(6-4-12-5-7(6)14)10(15)8-2-3-9(11)16-8/h2-3,6-7,12,14H,4-5H2,1H3/t6-,7-/m0/s1. The van der Waals surface area contributed by atoms with Crippen LogP contribution in [0.3, 0.4) is 0 Å². The molecule has 6 heteroatoms. The maximum atomic E-state index is 12.0. The smallest absolute Gasteiger partial charge is 0.289 e. The minimum atomic E-state index is -0.521. The quantitative estimate of drug-likeness (QED) is 0.829. The highest BCUT2D eigenvalue weighted by molar-refractivity contribution is 9.10. The summed E-state index contributed by atoms with van der Waals surface area (Å²) in [5.41, 5.74) is 0. The number of rotatable bonds is 2. The molecular formula is C10H13BrN2O3. The monoisotopic (exact) mass is 288 g/mol. The molecule has 0 radical (unpaired) electrons. The summed E-state index contributed by atoms with van der Waals surface area (Å²) < 4.78 is 5.71. The van der Waals surface area contributed by atoms with Crippen molar-refractivity contribution in [1.82, 2.24) is 10.2 Å². The second-order valence-corrected chi connectivity index (χ2v) is 4.59. The van der Waals surface area contributed by atoms with Gasteiger partial charge in [-0.15, -0.1) is 0 Å². The van der Waals surface area contributed by atoms with Crippen molar-refractivity contribution in [3.8, 4) is 0 Å². The molecule has 0 aliphatic carbocycles. The Balaban J connectivity index is 2.10. The molecular weight excluding hydrogens is 276 g/mol. The lowest BCUT2D eigenvalue weighted by atomic mass is 10.2. The first-order chi connectivity index (χ1) is 7.59. The highest BCUT2D eigenvalue weighted by atomic mass is 79.9. The van der Waals surface area contributed by atoms with Gasteiger partial charge in [0.2, 0.25) is 0 Å². The molecule has 2 rings (SSSR count). The van der Waals surface area contributed by atoms with E-state index in [9.17, 15) is 9.90 Å². The fraction of sp³-hybridized carbons (Fsp3) is 0.500. The average molecular weight is 289 g/mol. The van der Waals surface area contributed by atoms with E-state index in [2.05, 4.69) is 21.2 Å². The number of amides is 1. The number of aliphatic hydroxyl groups excluding tert-OH is 1. The maximum absolute atomic E-state index is 12.0. The zero-order valence-electron chi connectivity index (χ0n) is 8.81. The van der Waals surface area contributed by atoms with E-state index in [-0.39, 0.29) is 17.7 Å². The van der Waals surface area contributed by atoms with Crippen LogP contribution in [0.5, 0.6) is 0 Å². The Hall–Kier alpha value is -0.850. The van der Waals surface area contributed by atoms with Crippen molar-refractivity contribution < 1.29 is 14.3 Å². The number of hydrogen-bond donors (Lipinski definition) is 2. The summed E-state index contributed by atoms with van der Waals surface area (Å²) in [6.07, 6.45) is -0.521. The molecule has 88 valence electrons. The number of furan rings is 1. The SMILES string of the molecule is CN(C(=O)c1ccc(Br)o1)[C@H]1CNC[C@@H]1O. The zero-order valence-corrected chi connectivity index (χ0v) is 10.4. The van der Waals surface area contributed by atoms with Crippen molar-refractivity contribution in [2.24, 2.45) is 0 Å². The van der Waals surface area contributed by atoms with E-state index in [0.29, 0.717) is 17.8 Å². The van der Waals surface area contributed by atoms with E-state index in [0.717, 1.165) is 0 Å². The van der Waals surface area contributed by atoms with Crippen molar-refractivity contribution in [1.29, 1.82) is 0 Å². The van der Waals surface area contributed by atoms with E-state index < -0.39 is 6.10 Å². The van der Waals surface area contributed by atoms with Crippen LogP contribution < -0.4 is 5.32 Å². The van der Waals surface area contributed by atoms with Crippen molar-refractivity contribution in [2.75, 3.05) is 20.1 Å². The van der Waals surface area contributed by atoms with E-state index in [1.807, 2.05) is 0 Å². The highest BCUT2D eigenvalue weighted by Gasteiger charge is 2.32. The molecule has 1 amide bonds. The molecule has 0 saturated carbocycles. The number of β-amino-alcohol motifs (C(OH)–C–C–N with tert-alkyl or cyclic N) is 1. The third-order valence-corrected chi connectivity index (χ3v) is 3.18. The molecule has 1 saturated heterocycles. The van der Waals surface area contributed by atoms with Gasteiger partial charge in [0.25, 0.3) is 5.91 Å². The highest BCUT2D eigenvalue weighted by Crippen LogP contribution is 2.17. The Morgan fingerprint density at radius 3 is 2.88 bits per heavy atom. The molecule has 5 nitrogen and oxygen atoms in total. The van der Waals surface area contributed by atoms with Gasteiger partial charge in [0.15, 0.2) is 10.4 Å². The lowest BCUT2D eigenvalue weighted by Gasteiger charge is -2.25. The van der Waals surface area contributed by atoms with Crippen molar-refractivity contribution in [3.63, 3.8) is 0 Å². The number of likely N-dealkylation sites (N-methyl/N-ethyl adjacent to an activating group) is 1. The first kappa shape index (κ1) is 11.6. The van der Waals surface area contributed by atoms with Crippen LogP contribution >= 0.6 is 15.9 Å². The number of carbonyl (C=O) groups is 1. The van der Waals surface area contributed by atoms with Crippen LogP contribution in [0, 0.1) is 0 Å². The fourth-order valence-corrected chi connectivity index (χ4v) is 2.11. The molecule has 0 spiro atoms. The van der Waals surface area contributed by atoms with Gasteiger partial charge in [-0.05, 0) is 28.1 Å². The molecule has 1 aromatic heterocycles. The zero-order chi connectivity index (χ0) is 11.7. The van der Waals surface area contributed by atoms with Gasteiger partial charge in [-0.2, -0.15) is 0 Å². The Labute approximate surface area is 102 Å². The minimum absolute atomic E-state index is 0.198. The Morgan fingerprint density at radius 2 is 2.38 bits per heavy atom. The van der Waals surface area contributed by atoms with E-state index in [1.54, 1.807) is 19.2 Å². The van der Waals surface area contributed by atoms with Crippen LogP contribution in [-0.2, 0) is 0 Å². The topological polar surface area (TPSA) is 65.7 Å². The Kier molecular flexibility index (Phi) is 3.32. The van der Waals surface area contributed by atoms with E-state index in [4.69, 9.17) is 4.42 Å². The van der Waals surface area contributed by atoms with Crippen molar-refractivity contribution in [3.05, 3.63) is 22.6 Å². The number of nitrogens with one attached hydrogen (secondary N) is 1. The summed E-state index contributed by atoms with van der Waals surface area (Å²) in [5, 5.41) is 12.7. The summed E-state index contributed by atoms with van der Waals surface area (Å²) in [6.45, 7) is 1.12. The summed E-state index contributed by atoms with van der Waals surface area (Å²) in [4.78, 5) is 13.5. The first-order valence-electron chi connectivity index (χ1n) is 5.01. The summed E-state index contributed by atoms with van der Waals surface area (Å²) in [6, 6.07) is 3.08. The van der Waals surface area contributed by atoms with Crippen molar-refractivity contribution >= 4 is 21.8 Å². The Bertz CT molecular complexity index is 393. The van der Waals surface area contributed by atoms with E-state index >= 15 is 0 Å². The predicted octanol–water partition coefficient (Wildman–Crippen LogP) is 0.447. The minimum Gasteiger partial charge on any atom is -0.444 e. The van der Waals surface area contributed by atoms with Gasteiger partial charge in [-0.1, -0.05) is 0 Å². The van der Waals surface area contributed by atoms with Gasteiger partial charge in [0.1, 0.15) is 0 Å². The van der Waals surface area contributed by atoms with Gasteiger partial charge >= 0.3 is 0 Å². The van der Waals surface area contributed by atoms with Gasteiger partial charge in [0, 0.05) is 20.1 Å². The van der Waals surface area contributed by atoms with Crippen LogP contribution in [0.25, 0.3) is 0 Å². The molecule has 0 bridgehead atoms. The van der Waals surface area contributed by atoms with Crippen LogP contribution in [0.2, 0.25) is 0 Å². The second kappa shape index (κ2) is 4.57. The first-order valence-corrected chi connectivity index (χ1v) is 5.80. The predicted molar refractivity (Wildman–Crippen MR) is 61.2 cm³/mol. The van der Waals surface area contributed by atoms with Gasteiger partial charge < -0.3 is 19.7 Å². The number of carbonyl (C=O) groups excluding carboxylic acids is 1. The molecule has 16 heavy (non-hydrogen) atoms. The molecule has 2 N–H and O–H groups in total. The third-order valence-electron chi connectivity index (χ3n) is 2.75. The number of nitrogens with zero attached hydrogens (tertiary/aromatic N) is 1. The largest absolute Gasteiger partial charge is 0.444 e. The molecule has 1 aromatic rings. The summed E-state index contributed by atoms with van der Waals surface area (Å²) in [7, 11) is 1.67. The molecule has 2 heterocycles. The van der Waals surface area contributed by atoms with E-state index in [1.165, 1.54) is 4.90 Å². The summed E-state index contributed by atoms with van der Waals surface area (Å²) >= 11 is 3.15. The number of hydrogen-bond acceptors (Lipinski definition) is 4. The fourth-order valence-electron chi connectivity index (χ4n) is 1.80. The Morgan fingerprint density at radius 1 is 1.62 bits per heavy atom. The van der Waals surface area contributed by atoms with Gasteiger partial charge in [-0.3, -0.25) is 4.79 Å². The molecule has 1 aliphatic heterocycles. The average Bonchev–Trinajstić information content (AvgIpc) is 2.85. The van der Waals surface area contributed by atoms with Gasteiger partial charge in [-0.25, -0.2) is 0 Å². The molecule has 0 aromatic carbocycles. The number of halogens is 1. The molecule has 1 fully saturated rings. The lowest BCUT2D eigenvalue weighted by molar-refractivity contribution is 0.0551. The van der Waals surface area contributed by atoms with Crippen molar-refractivity contribution in [2.45, 2.75) is 12.1 Å². The molecule has 2 atom stereocenters. The van der Waals surface area contributed by atoms with Crippen LogP contribution in [0.1, 0.15) is 10.6 Å². The normalized spacial score (nSPS) is 24.7. The van der Waals surface area contributed by atoms with Crippen LogP contribution in [0.4, 0.5) is 0 Å². The van der Waals surface area contributed by atoms with Crippen LogP contribution in [0.15, 0.2) is 21.2 Å². The summed E-state index contributed by atoms with van der Waals surface area (Å²) in [5.74, 6) is 0.0481.